The molecule has 4 nitrogen and oxygen atoms in total. The van der Waals surface area contributed by atoms with E-state index in [0.29, 0.717) is 6.61 Å². The number of rotatable bonds is 5. The number of imidazole rings is 1. The number of H-pyrrole nitrogens is 1. The van der Waals surface area contributed by atoms with Crippen molar-refractivity contribution in [2.24, 2.45) is 0 Å². The van der Waals surface area contributed by atoms with E-state index in [9.17, 15) is 0 Å². The second kappa shape index (κ2) is 6.79. The van der Waals surface area contributed by atoms with Gasteiger partial charge in [0.2, 0.25) is 0 Å². The number of fused-ring (bicyclic) bond motifs is 1. The molecule has 1 aliphatic rings. The van der Waals surface area contributed by atoms with Crippen molar-refractivity contribution < 1.29 is 4.74 Å². The maximum Gasteiger partial charge on any atom is 0.125 e. The number of hydrogen-bond acceptors (Lipinski definition) is 3. The Hall–Kier alpha value is -2.75. The van der Waals surface area contributed by atoms with Crippen molar-refractivity contribution >= 4 is 5.69 Å². The Morgan fingerprint density at radius 3 is 2.83 bits per heavy atom. The minimum Gasteiger partial charge on any atom is -0.489 e. The third kappa shape index (κ3) is 3.13. The van der Waals surface area contributed by atoms with E-state index in [1.54, 1.807) is 6.20 Å². The maximum atomic E-state index is 6.12. The van der Waals surface area contributed by atoms with E-state index in [1.165, 1.54) is 16.8 Å². The largest absolute Gasteiger partial charge is 0.489 e. The molecule has 122 valence electrons. The molecule has 1 aliphatic heterocycles. The normalized spacial score (nSPS) is 13.6. The van der Waals surface area contributed by atoms with Crippen LogP contribution >= 0.6 is 0 Å². The number of aromatic nitrogens is 2. The van der Waals surface area contributed by atoms with Crippen LogP contribution in [-0.4, -0.2) is 16.5 Å². The molecule has 0 saturated carbocycles. The highest BCUT2D eigenvalue weighted by molar-refractivity contribution is 5.61. The molecule has 0 fully saturated rings. The molecule has 0 bridgehead atoms. The summed E-state index contributed by atoms with van der Waals surface area (Å²) in [5, 5.41) is 0. The number of ether oxygens (including phenoxy) is 1. The fraction of sp³-hybridized carbons (Fsp3) is 0.250. The van der Waals surface area contributed by atoms with Crippen molar-refractivity contribution in [1.29, 1.82) is 0 Å². The number of hydrogen-bond donors (Lipinski definition) is 1. The Balaban J connectivity index is 1.54. The van der Waals surface area contributed by atoms with Crippen LogP contribution in [0.25, 0.3) is 0 Å². The van der Waals surface area contributed by atoms with Gasteiger partial charge >= 0.3 is 0 Å². The maximum absolute atomic E-state index is 6.12. The van der Waals surface area contributed by atoms with Gasteiger partial charge in [0.25, 0.3) is 0 Å². The Morgan fingerprint density at radius 1 is 1.08 bits per heavy atom. The van der Waals surface area contributed by atoms with E-state index in [-0.39, 0.29) is 0 Å². The molecule has 0 unspecified atom stereocenters. The summed E-state index contributed by atoms with van der Waals surface area (Å²) in [6, 6.07) is 16.7. The summed E-state index contributed by atoms with van der Waals surface area (Å²) in [5.41, 5.74) is 3.77. The Bertz CT molecular complexity index is 784. The molecule has 0 amide bonds. The van der Waals surface area contributed by atoms with Crippen molar-refractivity contribution in [2.45, 2.75) is 26.0 Å². The van der Waals surface area contributed by atoms with Gasteiger partial charge < -0.3 is 14.6 Å². The number of nitrogens with zero attached hydrogens (tertiary/aromatic N) is 2. The lowest BCUT2D eigenvalue weighted by atomic mass is 10.0. The molecule has 0 aliphatic carbocycles. The van der Waals surface area contributed by atoms with E-state index in [1.807, 2.05) is 24.4 Å². The van der Waals surface area contributed by atoms with Crippen LogP contribution in [0.1, 0.15) is 23.4 Å². The minimum absolute atomic E-state index is 0.607. The molecule has 0 spiro atoms. The van der Waals surface area contributed by atoms with Crippen LogP contribution in [0.5, 0.6) is 5.75 Å². The first-order valence-corrected chi connectivity index (χ1v) is 8.42. The molecule has 1 N–H and O–H groups in total. The molecule has 3 aromatic rings. The molecule has 2 aromatic carbocycles. The van der Waals surface area contributed by atoms with Crippen LogP contribution in [0.3, 0.4) is 0 Å². The van der Waals surface area contributed by atoms with Crippen LogP contribution in [-0.2, 0) is 19.6 Å². The van der Waals surface area contributed by atoms with E-state index < -0.39 is 0 Å². The summed E-state index contributed by atoms with van der Waals surface area (Å²) in [6.07, 6.45) is 5.88. The van der Waals surface area contributed by atoms with E-state index in [2.05, 4.69) is 45.2 Å². The van der Waals surface area contributed by atoms with Crippen molar-refractivity contribution in [3.63, 3.8) is 0 Å². The minimum atomic E-state index is 0.607. The molecule has 0 atom stereocenters. The highest BCUT2D eigenvalue weighted by atomic mass is 16.5. The van der Waals surface area contributed by atoms with Gasteiger partial charge in [-0.2, -0.15) is 0 Å². The fourth-order valence-corrected chi connectivity index (χ4v) is 3.27. The van der Waals surface area contributed by atoms with Gasteiger partial charge in [-0.15, -0.1) is 0 Å². The lowest BCUT2D eigenvalue weighted by Gasteiger charge is -2.31. The predicted octanol–water partition coefficient (Wildman–Crippen LogP) is 3.94. The zero-order chi connectivity index (χ0) is 16.2. The Labute approximate surface area is 142 Å². The number of aromatic amines is 1. The fourth-order valence-electron chi connectivity index (χ4n) is 3.27. The quantitative estimate of drug-likeness (QED) is 0.774. The SMILES string of the molecule is c1ccc(COc2cccc3c2CCCN3Cc2ncc[nH]2)cc1. The van der Waals surface area contributed by atoms with Gasteiger partial charge in [-0.1, -0.05) is 36.4 Å². The monoisotopic (exact) mass is 319 g/mol. The number of anilines is 1. The highest BCUT2D eigenvalue weighted by Gasteiger charge is 2.20. The van der Waals surface area contributed by atoms with Gasteiger partial charge in [-0.25, -0.2) is 4.98 Å². The Morgan fingerprint density at radius 2 is 2.00 bits per heavy atom. The third-order valence-electron chi connectivity index (χ3n) is 4.44. The van der Waals surface area contributed by atoms with E-state index in [0.717, 1.165) is 37.5 Å². The molecule has 2 heterocycles. The molecule has 24 heavy (non-hydrogen) atoms. The van der Waals surface area contributed by atoms with Crippen LogP contribution in [0.4, 0.5) is 5.69 Å². The Kier molecular flexibility index (Phi) is 4.19. The average molecular weight is 319 g/mol. The van der Waals surface area contributed by atoms with E-state index in [4.69, 9.17) is 4.74 Å². The van der Waals surface area contributed by atoms with Gasteiger partial charge in [0.15, 0.2) is 0 Å². The van der Waals surface area contributed by atoms with Crippen molar-refractivity contribution in [1.82, 2.24) is 9.97 Å². The number of nitrogens with one attached hydrogen (secondary N) is 1. The highest BCUT2D eigenvalue weighted by Crippen LogP contribution is 2.35. The van der Waals surface area contributed by atoms with Crippen LogP contribution < -0.4 is 9.64 Å². The molecular formula is C20H21N3O. The summed E-state index contributed by atoms with van der Waals surface area (Å²) in [7, 11) is 0. The average Bonchev–Trinajstić information content (AvgIpc) is 3.14. The number of benzene rings is 2. The lowest BCUT2D eigenvalue weighted by molar-refractivity contribution is 0.302. The van der Waals surface area contributed by atoms with Gasteiger partial charge in [0.05, 0.1) is 6.54 Å². The summed E-state index contributed by atoms with van der Waals surface area (Å²) in [4.78, 5) is 9.93. The van der Waals surface area contributed by atoms with Crippen molar-refractivity contribution in [2.75, 3.05) is 11.4 Å². The first kappa shape index (κ1) is 14.8. The summed E-state index contributed by atoms with van der Waals surface area (Å²) >= 11 is 0. The summed E-state index contributed by atoms with van der Waals surface area (Å²) in [5.74, 6) is 2.00. The van der Waals surface area contributed by atoms with Gasteiger partial charge in [0.1, 0.15) is 18.2 Å². The third-order valence-corrected chi connectivity index (χ3v) is 4.44. The van der Waals surface area contributed by atoms with Gasteiger partial charge in [-0.05, 0) is 30.5 Å². The van der Waals surface area contributed by atoms with Gasteiger partial charge in [-0.3, -0.25) is 0 Å². The van der Waals surface area contributed by atoms with Gasteiger partial charge in [0, 0.05) is 30.2 Å². The molecule has 1 aromatic heterocycles. The summed E-state index contributed by atoms with van der Waals surface area (Å²) in [6.45, 7) is 2.47. The smallest absolute Gasteiger partial charge is 0.125 e. The zero-order valence-electron chi connectivity index (χ0n) is 13.6. The first-order valence-electron chi connectivity index (χ1n) is 8.42. The standard InChI is InChI=1S/C20H21N3O/c1-2-6-16(7-3-1)15-24-19-10-4-9-18-17(19)8-5-13-23(18)14-20-21-11-12-22-20/h1-4,6-7,9-12H,5,8,13-15H2,(H,21,22). The molecular weight excluding hydrogens is 298 g/mol. The summed E-state index contributed by atoms with van der Waals surface area (Å²) < 4.78 is 6.12. The van der Waals surface area contributed by atoms with Crippen LogP contribution in [0.15, 0.2) is 60.9 Å². The predicted molar refractivity (Wildman–Crippen MR) is 95.2 cm³/mol. The molecule has 0 saturated heterocycles. The van der Waals surface area contributed by atoms with Crippen molar-refractivity contribution in [3.8, 4) is 5.75 Å². The van der Waals surface area contributed by atoms with Crippen LogP contribution in [0.2, 0.25) is 0 Å². The van der Waals surface area contributed by atoms with E-state index >= 15 is 0 Å². The molecule has 4 rings (SSSR count). The molecule has 4 heteroatoms. The second-order valence-corrected chi connectivity index (χ2v) is 6.09. The lowest BCUT2D eigenvalue weighted by Crippen LogP contribution is -2.29. The van der Waals surface area contributed by atoms with Crippen LogP contribution in [0, 0.1) is 0 Å². The second-order valence-electron chi connectivity index (χ2n) is 6.09. The molecule has 0 radical (unpaired) electrons. The zero-order valence-corrected chi connectivity index (χ0v) is 13.6. The van der Waals surface area contributed by atoms with Crippen molar-refractivity contribution in [3.05, 3.63) is 77.9 Å². The first-order chi connectivity index (χ1) is 11.9. The topological polar surface area (TPSA) is 41.1 Å².